The van der Waals surface area contributed by atoms with Gasteiger partial charge in [0.15, 0.2) is 16.6 Å². The fourth-order valence-electron chi connectivity index (χ4n) is 3.80. The number of amides is 2. The van der Waals surface area contributed by atoms with E-state index in [-0.39, 0.29) is 24.8 Å². The molecule has 2 aromatic carbocycles. The average molecular weight is 468 g/mol. The summed E-state index contributed by atoms with van der Waals surface area (Å²) in [6, 6.07) is 12.9. The number of ether oxygens (including phenoxy) is 3. The predicted octanol–water partition coefficient (Wildman–Crippen LogP) is 4.14. The molecule has 8 nitrogen and oxygen atoms in total. The minimum Gasteiger partial charge on any atom is -0.497 e. The summed E-state index contributed by atoms with van der Waals surface area (Å²) in [4.78, 5) is 32.8. The Labute approximate surface area is 196 Å². The van der Waals surface area contributed by atoms with E-state index >= 15 is 0 Å². The number of thiazole rings is 1. The lowest BCUT2D eigenvalue weighted by Gasteiger charge is -2.18. The molecule has 0 bridgehead atoms. The van der Waals surface area contributed by atoms with Gasteiger partial charge in [-0.25, -0.2) is 4.98 Å². The highest BCUT2D eigenvalue weighted by Crippen LogP contribution is 2.35. The topological polar surface area (TPSA) is 90.0 Å². The maximum atomic E-state index is 12.9. The second-order valence-electron chi connectivity index (χ2n) is 7.59. The Morgan fingerprint density at radius 3 is 2.45 bits per heavy atom. The average Bonchev–Trinajstić information content (AvgIpc) is 3.40. The smallest absolute Gasteiger partial charge is 0.231 e. The quantitative estimate of drug-likeness (QED) is 0.562. The lowest BCUT2D eigenvalue weighted by Crippen LogP contribution is -2.28. The summed E-state index contributed by atoms with van der Waals surface area (Å²) in [6.45, 7) is 2.25. The van der Waals surface area contributed by atoms with Crippen molar-refractivity contribution < 1.29 is 23.8 Å². The van der Waals surface area contributed by atoms with Crippen molar-refractivity contribution in [1.82, 2.24) is 4.98 Å². The Bertz CT molecular complexity index is 1180. The molecular formula is C24H25N3O5S. The van der Waals surface area contributed by atoms with E-state index in [1.807, 2.05) is 31.2 Å². The zero-order valence-electron chi connectivity index (χ0n) is 18.9. The number of hydrogen-bond acceptors (Lipinski definition) is 7. The van der Waals surface area contributed by atoms with Gasteiger partial charge in [0, 0.05) is 35.2 Å². The summed E-state index contributed by atoms with van der Waals surface area (Å²) in [5.74, 6) is 1.07. The first-order valence-electron chi connectivity index (χ1n) is 10.4. The number of rotatable bonds is 7. The number of nitrogens with zero attached hydrogens (tertiary/aromatic N) is 2. The van der Waals surface area contributed by atoms with Crippen molar-refractivity contribution >= 4 is 34.0 Å². The molecule has 3 aromatic rings. The van der Waals surface area contributed by atoms with Crippen LogP contribution >= 0.6 is 11.3 Å². The summed E-state index contributed by atoms with van der Waals surface area (Å²) in [6.07, 6.45) is 0.135. The first kappa shape index (κ1) is 22.6. The standard InChI is InChI=1S/C24H25N3O5S/c1-14-22(15-5-8-18(30-2)9-6-15)25-24(33-14)26-23(29)16-11-21(28)27(13-16)17-7-10-19(31-3)20(12-17)32-4/h5-10,12,16H,11,13H2,1-4H3,(H,25,26,29)/t16-/m0/s1. The van der Waals surface area contributed by atoms with Gasteiger partial charge in [0.05, 0.1) is 32.9 Å². The summed E-state index contributed by atoms with van der Waals surface area (Å²) < 4.78 is 15.8. The number of anilines is 2. The molecule has 0 aliphatic carbocycles. The van der Waals surface area contributed by atoms with Gasteiger partial charge in [0.1, 0.15) is 5.75 Å². The van der Waals surface area contributed by atoms with Crippen molar-refractivity contribution in [2.45, 2.75) is 13.3 Å². The second-order valence-corrected chi connectivity index (χ2v) is 8.79. The van der Waals surface area contributed by atoms with Gasteiger partial charge in [0.25, 0.3) is 0 Å². The van der Waals surface area contributed by atoms with Gasteiger partial charge in [-0.3, -0.25) is 9.59 Å². The Morgan fingerprint density at radius 2 is 1.79 bits per heavy atom. The van der Waals surface area contributed by atoms with Crippen LogP contribution < -0.4 is 24.4 Å². The van der Waals surface area contributed by atoms with E-state index in [0.717, 1.165) is 21.9 Å². The SMILES string of the molecule is COc1ccc(-c2nc(NC(=O)[C@H]3CC(=O)N(c4ccc(OC)c(OC)c4)C3)sc2C)cc1. The highest BCUT2D eigenvalue weighted by atomic mass is 32.1. The minimum absolute atomic E-state index is 0.114. The van der Waals surface area contributed by atoms with Gasteiger partial charge < -0.3 is 24.4 Å². The van der Waals surface area contributed by atoms with E-state index in [1.165, 1.54) is 11.3 Å². The maximum Gasteiger partial charge on any atom is 0.231 e. The molecule has 4 rings (SSSR count). The first-order chi connectivity index (χ1) is 15.9. The van der Waals surface area contributed by atoms with Crippen LogP contribution in [0.4, 0.5) is 10.8 Å². The Hall–Kier alpha value is -3.59. The van der Waals surface area contributed by atoms with Crippen LogP contribution in [0.1, 0.15) is 11.3 Å². The van der Waals surface area contributed by atoms with Crippen molar-refractivity contribution in [2.75, 3.05) is 38.1 Å². The third-order valence-corrected chi connectivity index (χ3v) is 6.45. The third-order valence-electron chi connectivity index (χ3n) is 5.56. The van der Waals surface area contributed by atoms with Gasteiger partial charge in [0.2, 0.25) is 11.8 Å². The Kier molecular flexibility index (Phi) is 6.50. The number of hydrogen-bond donors (Lipinski definition) is 1. The summed E-state index contributed by atoms with van der Waals surface area (Å²) in [5.41, 5.74) is 2.42. The van der Waals surface area contributed by atoms with E-state index in [1.54, 1.807) is 44.4 Å². The van der Waals surface area contributed by atoms with E-state index < -0.39 is 5.92 Å². The number of nitrogens with one attached hydrogen (secondary N) is 1. The van der Waals surface area contributed by atoms with Crippen LogP contribution in [0.15, 0.2) is 42.5 Å². The molecule has 2 heterocycles. The fourth-order valence-corrected chi connectivity index (χ4v) is 4.64. The number of methoxy groups -OCH3 is 3. The molecule has 1 fully saturated rings. The van der Waals surface area contributed by atoms with E-state index in [9.17, 15) is 9.59 Å². The largest absolute Gasteiger partial charge is 0.497 e. The number of carbonyl (C=O) groups is 2. The van der Waals surface area contributed by atoms with Crippen molar-refractivity contribution in [2.24, 2.45) is 5.92 Å². The molecule has 1 atom stereocenters. The molecule has 0 unspecified atom stereocenters. The Morgan fingerprint density at radius 1 is 1.06 bits per heavy atom. The third kappa shape index (κ3) is 4.63. The van der Waals surface area contributed by atoms with Gasteiger partial charge in [-0.05, 0) is 43.3 Å². The lowest BCUT2D eigenvalue weighted by atomic mass is 10.1. The molecule has 1 saturated heterocycles. The van der Waals surface area contributed by atoms with Crippen molar-refractivity contribution in [1.29, 1.82) is 0 Å². The van der Waals surface area contributed by atoms with Gasteiger partial charge in [-0.1, -0.05) is 0 Å². The highest BCUT2D eigenvalue weighted by molar-refractivity contribution is 7.16. The molecule has 0 radical (unpaired) electrons. The van der Waals surface area contributed by atoms with Crippen LogP contribution in [0, 0.1) is 12.8 Å². The molecule has 0 spiro atoms. The van der Waals surface area contributed by atoms with Crippen LogP contribution in [-0.4, -0.2) is 44.7 Å². The molecule has 1 N–H and O–H groups in total. The normalized spacial score (nSPS) is 15.5. The van der Waals surface area contributed by atoms with E-state index in [4.69, 9.17) is 14.2 Å². The monoisotopic (exact) mass is 467 g/mol. The number of carbonyl (C=O) groups excluding carboxylic acids is 2. The van der Waals surface area contributed by atoms with Crippen molar-refractivity contribution in [3.63, 3.8) is 0 Å². The summed E-state index contributed by atoms with van der Waals surface area (Å²) in [7, 11) is 4.72. The Balaban J connectivity index is 1.46. The molecule has 1 aromatic heterocycles. The molecule has 0 saturated carbocycles. The predicted molar refractivity (Wildman–Crippen MR) is 127 cm³/mol. The maximum absolute atomic E-state index is 12.9. The van der Waals surface area contributed by atoms with E-state index in [0.29, 0.717) is 22.3 Å². The molecular weight excluding hydrogens is 442 g/mol. The first-order valence-corrected chi connectivity index (χ1v) is 11.2. The molecule has 1 aliphatic heterocycles. The molecule has 172 valence electrons. The summed E-state index contributed by atoms with van der Waals surface area (Å²) >= 11 is 1.41. The second kappa shape index (κ2) is 9.50. The minimum atomic E-state index is -0.473. The molecule has 33 heavy (non-hydrogen) atoms. The summed E-state index contributed by atoms with van der Waals surface area (Å²) in [5, 5.41) is 3.41. The van der Waals surface area contributed by atoms with Crippen molar-refractivity contribution in [3.8, 4) is 28.5 Å². The van der Waals surface area contributed by atoms with Crippen LogP contribution in [0.25, 0.3) is 11.3 Å². The van der Waals surface area contributed by atoms with Crippen LogP contribution in [-0.2, 0) is 9.59 Å². The highest BCUT2D eigenvalue weighted by Gasteiger charge is 2.36. The molecule has 1 aliphatic rings. The molecule has 2 amide bonds. The van der Waals surface area contributed by atoms with Crippen LogP contribution in [0.3, 0.4) is 0 Å². The van der Waals surface area contributed by atoms with Crippen molar-refractivity contribution in [3.05, 3.63) is 47.3 Å². The van der Waals surface area contributed by atoms with Gasteiger partial charge in [-0.15, -0.1) is 11.3 Å². The number of aryl methyl sites for hydroxylation is 1. The van der Waals surface area contributed by atoms with Crippen LogP contribution in [0.5, 0.6) is 17.2 Å². The number of benzene rings is 2. The fraction of sp³-hybridized carbons (Fsp3) is 0.292. The van der Waals surface area contributed by atoms with Gasteiger partial charge in [-0.2, -0.15) is 0 Å². The molecule has 9 heteroatoms. The number of aromatic nitrogens is 1. The van der Waals surface area contributed by atoms with Crippen LogP contribution in [0.2, 0.25) is 0 Å². The lowest BCUT2D eigenvalue weighted by molar-refractivity contribution is -0.122. The zero-order valence-corrected chi connectivity index (χ0v) is 19.7. The zero-order chi connectivity index (χ0) is 23.5. The van der Waals surface area contributed by atoms with E-state index in [2.05, 4.69) is 10.3 Å². The van der Waals surface area contributed by atoms with Gasteiger partial charge >= 0.3 is 0 Å².